The third-order valence-corrected chi connectivity index (χ3v) is 7.18. The van der Waals surface area contributed by atoms with Crippen LogP contribution in [0.5, 0.6) is 11.5 Å². The molecule has 1 heterocycles. The number of anilines is 1. The van der Waals surface area contributed by atoms with Gasteiger partial charge in [0.15, 0.2) is 5.75 Å². The number of aromatic amines is 1. The van der Waals surface area contributed by atoms with E-state index in [4.69, 9.17) is 4.74 Å². The lowest BCUT2D eigenvalue weighted by molar-refractivity contribution is -0.137. The number of carbonyl (C=O) groups is 1. The van der Waals surface area contributed by atoms with Gasteiger partial charge in [0, 0.05) is 0 Å². The Labute approximate surface area is 223 Å². The normalized spacial score (nSPS) is 15.2. The Bertz CT molecular complexity index is 1560. The van der Waals surface area contributed by atoms with E-state index in [0.717, 1.165) is 43.4 Å². The van der Waals surface area contributed by atoms with E-state index in [1.54, 1.807) is 30.3 Å². The van der Waals surface area contributed by atoms with Crippen molar-refractivity contribution in [1.82, 2.24) is 9.97 Å². The lowest BCUT2D eigenvalue weighted by Crippen LogP contribution is -2.24. The number of hydrogen-bond acceptors (Lipinski definition) is 4. The van der Waals surface area contributed by atoms with E-state index >= 15 is 0 Å². The molecule has 0 saturated heterocycles. The van der Waals surface area contributed by atoms with Gasteiger partial charge in [-0.3, -0.25) is 9.59 Å². The fourth-order valence-corrected chi connectivity index (χ4v) is 5.01. The van der Waals surface area contributed by atoms with Crippen LogP contribution in [0.1, 0.15) is 67.8 Å². The number of hydrogen-bond donors (Lipinski definition) is 2. The van der Waals surface area contributed by atoms with Crippen LogP contribution in [0.15, 0.2) is 71.5 Å². The number of carbonyl (C=O) groups excluding carboxylic acids is 1. The molecule has 39 heavy (non-hydrogen) atoms. The number of benzene rings is 3. The standard InChI is InChI=1S/C30H28F3N3O3/c1-18(27-34-23-13-7-5-12-22(23)29(38)36-27)28(37)35-24-17-20(30(31,32)33)15-16-26(24)39-25-14-8-6-11-21(25)19-9-3-2-4-10-19/h5-8,11-19H,2-4,9-10H2,1H3,(H,35,37)(H,34,36,38). The highest BCUT2D eigenvalue weighted by Crippen LogP contribution is 2.42. The maximum atomic E-state index is 13.6. The van der Waals surface area contributed by atoms with Crippen LogP contribution in [0.3, 0.4) is 0 Å². The monoisotopic (exact) mass is 535 g/mol. The molecule has 1 aromatic heterocycles. The van der Waals surface area contributed by atoms with Crippen molar-refractivity contribution in [2.75, 3.05) is 5.32 Å². The lowest BCUT2D eigenvalue weighted by Gasteiger charge is -2.24. The van der Waals surface area contributed by atoms with Gasteiger partial charge in [-0.2, -0.15) is 13.2 Å². The summed E-state index contributed by atoms with van der Waals surface area (Å²) in [5.41, 5.74) is -0.0319. The minimum Gasteiger partial charge on any atom is -0.455 e. The lowest BCUT2D eigenvalue weighted by atomic mass is 9.84. The number of rotatable bonds is 6. The summed E-state index contributed by atoms with van der Waals surface area (Å²) in [5.74, 6) is -0.552. The number of nitrogens with one attached hydrogen (secondary N) is 2. The molecular formula is C30H28F3N3O3. The Morgan fingerprint density at radius 1 is 1.00 bits per heavy atom. The average Bonchev–Trinajstić information content (AvgIpc) is 2.93. The largest absolute Gasteiger partial charge is 0.455 e. The molecule has 1 saturated carbocycles. The maximum absolute atomic E-state index is 13.6. The van der Waals surface area contributed by atoms with Crippen molar-refractivity contribution < 1.29 is 22.7 Å². The van der Waals surface area contributed by atoms with Gasteiger partial charge < -0.3 is 15.0 Å². The third-order valence-electron chi connectivity index (χ3n) is 7.18. The highest BCUT2D eigenvalue weighted by molar-refractivity contribution is 5.96. The number of fused-ring (bicyclic) bond motifs is 1. The van der Waals surface area contributed by atoms with E-state index in [1.807, 2.05) is 18.2 Å². The Morgan fingerprint density at radius 2 is 1.72 bits per heavy atom. The van der Waals surface area contributed by atoms with Crippen LogP contribution < -0.4 is 15.6 Å². The number of nitrogens with zero attached hydrogens (tertiary/aromatic N) is 1. The van der Waals surface area contributed by atoms with Gasteiger partial charge in [0.2, 0.25) is 5.91 Å². The second kappa shape index (κ2) is 10.9. The molecule has 0 bridgehead atoms. The number of para-hydroxylation sites is 2. The molecule has 1 unspecified atom stereocenters. The van der Waals surface area contributed by atoms with Gasteiger partial charge in [-0.1, -0.05) is 49.6 Å². The van der Waals surface area contributed by atoms with Gasteiger partial charge in [0.05, 0.1) is 28.1 Å². The van der Waals surface area contributed by atoms with Crippen LogP contribution >= 0.6 is 0 Å². The van der Waals surface area contributed by atoms with E-state index < -0.39 is 29.1 Å². The van der Waals surface area contributed by atoms with Crippen molar-refractivity contribution in [1.29, 1.82) is 0 Å². The van der Waals surface area contributed by atoms with E-state index in [0.29, 0.717) is 22.6 Å². The first-order chi connectivity index (χ1) is 18.7. The number of H-pyrrole nitrogens is 1. The molecule has 1 aliphatic carbocycles. The summed E-state index contributed by atoms with van der Waals surface area (Å²) < 4.78 is 46.9. The first-order valence-corrected chi connectivity index (χ1v) is 13.0. The van der Waals surface area contributed by atoms with Crippen molar-refractivity contribution in [3.8, 4) is 11.5 Å². The molecular weight excluding hydrogens is 507 g/mol. The summed E-state index contributed by atoms with van der Waals surface area (Å²) >= 11 is 0. The fourth-order valence-electron chi connectivity index (χ4n) is 5.01. The first-order valence-electron chi connectivity index (χ1n) is 13.0. The number of amides is 1. The molecule has 1 aliphatic rings. The number of ether oxygens (including phenoxy) is 1. The van der Waals surface area contributed by atoms with Crippen LogP contribution in [0, 0.1) is 0 Å². The maximum Gasteiger partial charge on any atom is 0.416 e. The van der Waals surface area contributed by atoms with Gasteiger partial charge >= 0.3 is 6.18 Å². The number of aromatic nitrogens is 2. The van der Waals surface area contributed by atoms with E-state index in [-0.39, 0.29) is 17.3 Å². The third kappa shape index (κ3) is 5.82. The molecule has 1 atom stereocenters. The van der Waals surface area contributed by atoms with Gasteiger partial charge in [0.1, 0.15) is 11.6 Å². The zero-order valence-corrected chi connectivity index (χ0v) is 21.3. The van der Waals surface area contributed by atoms with Gasteiger partial charge in [0.25, 0.3) is 5.56 Å². The summed E-state index contributed by atoms with van der Waals surface area (Å²) in [4.78, 5) is 32.7. The van der Waals surface area contributed by atoms with E-state index in [2.05, 4.69) is 15.3 Å². The Morgan fingerprint density at radius 3 is 2.49 bits per heavy atom. The summed E-state index contributed by atoms with van der Waals surface area (Å²) in [7, 11) is 0. The Kier molecular flexibility index (Phi) is 7.41. The minimum absolute atomic E-state index is 0.0896. The Balaban J connectivity index is 1.46. The summed E-state index contributed by atoms with van der Waals surface area (Å²) in [5, 5.41) is 2.96. The SMILES string of the molecule is CC(C(=O)Nc1cc(C(F)(F)F)ccc1Oc1ccccc1C1CCCCC1)c1nc2ccccc2c(=O)[nH]1. The number of halogens is 3. The van der Waals surface area contributed by atoms with Crippen LogP contribution in [-0.2, 0) is 11.0 Å². The second-order valence-electron chi connectivity index (χ2n) is 9.86. The molecule has 202 valence electrons. The summed E-state index contributed by atoms with van der Waals surface area (Å²) in [6, 6.07) is 17.2. The highest BCUT2D eigenvalue weighted by atomic mass is 19.4. The molecule has 0 aliphatic heterocycles. The smallest absolute Gasteiger partial charge is 0.416 e. The van der Waals surface area contributed by atoms with Crippen molar-refractivity contribution in [2.24, 2.45) is 0 Å². The highest BCUT2D eigenvalue weighted by Gasteiger charge is 2.32. The van der Waals surface area contributed by atoms with Crippen molar-refractivity contribution in [3.05, 3.63) is 94.0 Å². The van der Waals surface area contributed by atoms with Crippen LogP contribution in [0.2, 0.25) is 0 Å². The van der Waals surface area contributed by atoms with Crippen molar-refractivity contribution in [3.63, 3.8) is 0 Å². The van der Waals surface area contributed by atoms with Crippen molar-refractivity contribution in [2.45, 2.75) is 57.0 Å². The van der Waals surface area contributed by atoms with Crippen molar-refractivity contribution >= 4 is 22.5 Å². The van der Waals surface area contributed by atoms with Crippen LogP contribution in [0.25, 0.3) is 10.9 Å². The Hall–Kier alpha value is -4.14. The summed E-state index contributed by atoms with van der Waals surface area (Å²) in [6.45, 7) is 1.52. The molecule has 6 nitrogen and oxygen atoms in total. The molecule has 3 aromatic carbocycles. The molecule has 0 spiro atoms. The summed E-state index contributed by atoms with van der Waals surface area (Å²) in [6.07, 6.45) is 0.836. The van der Waals surface area contributed by atoms with E-state index in [1.165, 1.54) is 19.4 Å². The quantitative estimate of drug-likeness (QED) is 0.267. The number of alkyl halides is 3. The second-order valence-corrected chi connectivity index (χ2v) is 9.86. The minimum atomic E-state index is -4.62. The first kappa shape index (κ1) is 26.5. The van der Waals surface area contributed by atoms with E-state index in [9.17, 15) is 22.8 Å². The molecule has 2 N–H and O–H groups in total. The van der Waals surface area contributed by atoms with Gasteiger partial charge in [-0.25, -0.2) is 4.98 Å². The predicted octanol–water partition coefficient (Wildman–Crippen LogP) is 7.52. The average molecular weight is 536 g/mol. The molecule has 4 aromatic rings. The van der Waals surface area contributed by atoms with Crippen LogP contribution in [-0.4, -0.2) is 15.9 Å². The van der Waals surface area contributed by atoms with Gasteiger partial charge in [-0.05, 0) is 67.6 Å². The van der Waals surface area contributed by atoms with Gasteiger partial charge in [-0.15, -0.1) is 0 Å². The molecule has 1 amide bonds. The molecule has 0 radical (unpaired) electrons. The predicted molar refractivity (Wildman–Crippen MR) is 143 cm³/mol. The molecule has 1 fully saturated rings. The zero-order chi connectivity index (χ0) is 27.6. The van der Waals surface area contributed by atoms with Crippen LogP contribution in [0.4, 0.5) is 18.9 Å². The molecule has 5 rings (SSSR count). The topological polar surface area (TPSA) is 84.1 Å². The zero-order valence-electron chi connectivity index (χ0n) is 21.3. The fraction of sp³-hybridized carbons (Fsp3) is 0.300. The molecule has 9 heteroatoms.